The number of aliphatic imine (C=N–C) groups is 1. The summed E-state index contributed by atoms with van der Waals surface area (Å²) in [6, 6.07) is 0.831. The van der Waals surface area contributed by atoms with E-state index in [1.807, 2.05) is 0 Å². The molecule has 1 saturated heterocycles. The number of nitrogens with one attached hydrogen (secondary N) is 2. The Hall–Kier alpha value is -0.120. The van der Waals surface area contributed by atoms with Crippen LogP contribution in [0.3, 0.4) is 0 Å². The first-order chi connectivity index (χ1) is 11.8. The van der Waals surface area contributed by atoms with Crippen molar-refractivity contribution >= 4 is 29.9 Å². The largest absolute Gasteiger partial charge is 0.379 e. The minimum absolute atomic E-state index is 0. The number of rotatable bonds is 12. The van der Waals surface area contributed by atoms with Crippen LogP contribution in [0.1, 0.15) is 46.0 Å². The predicted molar refractivity (Wildman–Crippen MR) is 114 cm³/mol. The first-order valence-corrected chi connectivity index (χ1v) is 9.79. The van der Waals surface area contributed by atoms with Gasteiger partial charge in [0.2, 0.25) is 0 Å². The van der Waals surface area contributed by atoms with Crippen molar-refractivity contribution in [2.45, 2.75) is 58.1 Å². The Bertz CT molecular complexity index is 361. The molecule has 6 nitrogen and oxygen atoms in total. The van der Waals surface area contributed by atoms with Crippen LogP contribution in [-0.4, -0.2) is 75.5 Å². The minimum Gasteiger partial charge on any atom is -0.379 e. The number of hydrogen-bond acceptors (Lipinski definition) is 4. The minimum atomic E-state index is 0. The molecule has 0 spiro atoms. The molecule has 0 aromatic heterocycles. The second kappa shape index (κ2) is 14.0. The lowest BCUT2D eigenvalue weighted by molar-refractivity contribution is 0.0171. The molecule has 1 aliphatic heterocycles. The molecule has 7 heteroatoms. The normalized spacial score (nSPS) is 20.6. The summed E-state index contributed by atoms with van der Waals surface area (Å²) < 4.78 is 11.2. The number of nitrogens with zero attached hydrogens (tertiary/aromatic N) is 2. The van der Waals surface area contributed by atoms with E-state index >= 15 is 0 Å². The summed E-state index contributed by atoms with van der Waals surface area (Å²) in [6.07, 6.45) is 6.32. The Labute approximate surface area is 170 Å². The highest BCUT2D eigenvalue weighted by molar-refractivity contribution is 14.0. The second-order valence-corrected chi connectivity index (χ2v) is 6.61. The molecule has 0 aromatic rings. The molecule has 2 fully saturated rings. The van der Waals surface area contributed by atoms with E-state index in [0.717, 1.165) is 77.4 Å². The lowest BCUT2D eigenvalue weighted by atomic mass is 10.2. The fraction of sp³-hybridized carbons (Fsp3) is 0.944. The van der Waals surface area contributed by atoms with E-state index in [-0.39, 0.29) is 24.0 Å². The van der Waals surface area contributed by atoms with Gasteiger partial charge in [0.15, 0.2) is 5.96 Å². The average Bonchev–Trinajstić information content (AvgIpc) is 3.30. The van der Waals surface area contributed by atoms with Crippen molar-refractivity contribution in [3.05, 3.63) is 0 Å². The molecule has 1 unspecified atom stereocenters. The van der Waals surface area contributed by atoms with Gasteiger partial charge in [0, 0.05) is 45.4 Å². The summed E-state index contributed by atoms with van der Waals surface area (Å²) in [5, 5.41) is 6.75. The molecule has 1 aliphatic carbocycles. The molecule has 0 aromatic carbocycles. The van der Waals surface area contributed by atoms with Crippen LogP contribution in [0.15, 0.2) is 4.99 Å². The van der Waals surface area contributed by atoms with Crippen molar-refractivity contribution in [1.29, 1.82) is 0 Å². The molecule has 25 heavy (non-hydrogen) atoms. The van der Waals surface area contributed by atoms with E-state index in [1.165, 1.54) is 19.3 Å². The molecule has 148 valence electrons. The van der Waals surface area contributed by atoms with Gasteiger partial charge in [-0.25, -0.2) is 0 Å². The Kier molecular flexibility index (Phi) is 12.8. The maximum Gasteiger partial charge on any atom is 0.191 e. The van der Waals surface area contributed by atoms with Crippen LogP contribution >= 0.6 is 24.0 Å². The Balaban J connectivity index is 0.00000312. The SMILES string of the molecule is CCNC(=NCCCOCC1CCCO1)NCCN(CC)C1CC1.I. The fourth-order valence-corrected chi connectivity index (χ4v) is 3.05. The van der Waals surface area contributed by atoms with Gasteiger partial charge in [0.05, 0.1) is 12.7 Å². The summed E-state index contributed by atoms with van der Waals surface area (Å²) in [6.45, 7) is 11.6. The highest BCUT2D eigenvalue weighted by atomic mass is 127. The zero-order valence-electron chi connectivity index (χ0n) is 16.0. The topological polar surface area (TPSA) is 58.1 Å². The van der Waals surface area contributed by atoms with Gasteiger partial charge in [-0.3, -0.25) is 9.89 Å². The molecule has 2 rings (SSSR count). The summed E-state index contributed by atoms with van der Waals surface area (Å²) in [4.78, 5) is 7.18. The van der Waals surface area contributed by atoms with Crippen molar-refractivity contribution in [1.82, 2.24) is 15.5 Å². The molecule has 2 N–H and O–H groups in total. The first kappa shape index (κ1) is 22.9. The number of ether oxygens (including phenoxy) is 2. The monoisotopic (exact) mass is 468 g/mol. The Morgan fingerprint density at radius 1 is 1.24 bits per heavy atom. The zero-order valence-corrected chi connectivity index (χ0v) is 18.3. The third kappa shape index (κ3) is 9.96. The van der Waals surface area contributed by atoms with E-state index < -0.39 is 0 Å². The van der Waals surface area contributed by atoms with Crippen molar-refractivity contribution in [2.24, 2.45) is 4.99 Å². The van der Waals surface area contributed by atoms with E-state index in [1.54, 1.807) is 0 Å². The van der Waals surface area contributed by atoms with Crippen molar-refractivity contribution in [2.75, 3.05) is 52.5 Å². The van der Waals surface area contributed by atoms with Crippen LogP contribution in [0.4, 0.5) is 0 Å². The molecular formula is C18H37IN4O2. The standard InChI is InChI=1S/C18H36N4O2.HI/c1-3-19-18(21-11-12-22(4-2)16-8-9-16)20-10-6-13-23-15-17-7-5-14-24-17;/h16-17H,3-15H2,1-2H3,(H2,19,20,21);1H. The summed E-state index contributed by atoms with van der Waals surface area (Å²) >= 11 is 0. The maximum absolute atomic E-state index is 5.68. The average molecular weight is 468 g/mol. The third-order valence-corrected chi connectivity index (χ3v) is 4.55. The smallest absolute Gasteiger partial charge is 0.191 e. The number of hydrogen-bond donors (Lipinski definition) is 2. The van der Waals surface area contributed by atoms with Gasteiger partial charge in [0.1, 0.15) is 0 Å². The van der Waals surface area contributed by atoms with Crippen LogP contribution in [-0.2, 0) is 9.47 Å². The number of halogens is 1. The van der Waals surface area contributed by atoms with Crippen LogP contribution < -0.4 is 10.6 Å². The van der Waals surface area contributed by atoms with E-state index in [0.29, 0.717) is 6.10 Å². The molecular weight excluding hydrogens is 431 g/mol. The Morgan fingerprint density at radius 3 is 2.72 bits per heavy atom. The summed E-state index contributed by atoms with van der Waals surface area (Å²) in [7, 11) is 0. The molecule has 1 atom stereocenters. The number of likely N-dealkylation sites (N-methyl/N-ethyl adjacent to an activating group) is 1. The van der Waals surface area contributed by atoms with E-state index in [2.05, 4.69) is 34.4 Å². The van der Waals surface area contributed by atoms with Gasteiger partial charge in [-0.1, -0.05) is 6.92 Å². The van der Waals surface area contributed by atoms with Gasteiger partial charge in [-0.2, -0.15) is 0 Å². The third-order valence-electron chi connectivity index (χ3n) is 4.55. The summed E-state index contributed by atoms with van der Waals surface area (Å²) in [5.74, 6) is 0.920. The maximum atomic E-state index is 5.68. The zero-order chi connectivity index (χ0) is 17.0. The highest BCUT2D eigenvalue weighted by Crippen LogP contribution is 2.25. The van der Waals surface area contributed by atoms with Crippen LogP contribution in [0, 0.1) is 0 Å². The molecule has 1 heterocycles. The lowest BCUT2D eigenvalue weighted by Gasteiger charge is -2.20. The number of guanidine groups is 1. The van der Waals surface area contributed by atoms with E-state index in [9.17, 15) is 0 Å². The van der Waals surface area contributed by atoms with Crippen molar-refractivity contribution in [3.63, 3.8) is 0 Å². The lowest BCUT2D eigenvalue weighted by Crippen LogP contribution is -2.42. The van der Waals surface area contributed by atoms with Crippen LogP contribution in [0.2, 0.25) is 0 Å². The summed E-state index contributed by atoms with van der Waals surface area (Å²) in [5.41, 5.74) is 0. The first-order valence-electron chi connectivity index (χ1n) is 9.79. The van der Waals surface area contributed by atoms with Gasteiger partial charge in [-0.15, -0.1) is 24.0 Å². The van der Waals surface area contributed by atoms with Crippen LogP contribution in [0.25, 0.3) is 0 Å². The second-order valence-electron chi connectivity index (χ2n) is 6.61. The molecule has 0 amide bonds. The van der Waals surface area contributed by atoms with Gasteiger partial charge in [-0.05, 0) is 45.6 Å². The van der Waals surface area contributed by atoms with E-state index in [4.69, 9.17) is 9.47 Å². The molecule has 2 aliphatic rings. The predicted octanol–water partition coefficient (Wildman–Crippen LogP) is 2.23. The molecule has 0 bridgehead atoms. The van der Waals surface area contributed by atoms with Crippen LogP contribution in [0.5, 0.6) is 0 Å². The highest BCUT2D eigenvalue weighted by Gasteiger charge is 2.27. The molecule has 0 radical (unpaired) electrons. The van der Waals surface area contributed by atoms with Gasteiger partial charge < -0.3 is 20.1 Å². The van der Waals surface area contributed by atoms with Gasteiger partial charge in [0.25, 0.3) is 0 Å². The molecule has 1 saturated carbocycles. The fourth-order valence-electron chi connectivity index (χ4n) is 3.05. The van der Waals surface area contributed by atoms with Crippen molar-refractivity contribution < 1.29 is 9.47 Å². The Morgan fingerprint density at radius 2 is 2.08 bits per heavy atom. The quantitative estimate of drug-likeness (QED) is 0.199. The van der Waals surface area contributed by atoms with Gasteiger partial charge >= 0.3 is 0 Å². The van der Waals surface area contributed by atoms with Crippen molar-refractivity contribution in [3.8, 4) is 0 Å².